The highest BCUT2D eigenvalue weighted by atomic mass is 32.1. The monoisotopic (exact) mass is 211 g/mol. The number of nitrogen functional groups attached to an aromatic ring is 1. The summed E-state index contributed by atoms with van der Waals surface area (Å²) in [6.07, 6.45) is 3.18. The smallest absolute Gasteiger partial charge is 0.277 e. The summed E-state index contributed by atoms with van der Waals surface area (Å²) in [7, 11) is 0. The molecule has 0 unspecified atom stereocenters. The first-order valence-electron chi connectivity index (χ1n) is 4.76. The molecule has 1 fully saturated rings. The number of thiazole rings is 1. The summed E-state index contributed by atoms with van der Waals surface area (Å²) < 4.78 is 0. The van der Waals surface area contributed by atoms with Crippen LogP contribution in [0, 0.1) is 0 Å². The molecule has 1 amide bonds. The van der Waals surface area contributed by atoms with E-state index in [1.165, 1.54) is 11.3 Å². The molecule has 2 rings (SSSR count). The Labute approximate surface area is 86.5 Å². The van der Waals surface area contributed by atoms with Crippen molar-refractivity contribution in [1.29, 1.82) is 0 Å². The molecule has 0 bridgehead atoms. The number of hydrazine groups is 1. The maximum absolute atomic E-state index is 11.4. The molecule has 3 N–H and O–H groups in total. The van der Waals surface area contributed by atoms with Crippen LogP contribution in [0.4, 0.5) is 0 Å². The van der Waals surface area contributed by atoms with Gasteiger partial charge in [0.15, 0.2) is 0 Å². The lowest BCUT2D eigenvalue weighted by Crippen LogP contribution is -2.30. The molecule has 14 heavy (non-hydrogen) atoms. The van der Waals surface area contributed by atoms with Gasteiger partial charge in [0, 0.05) is 5.92 Å². The van der Waals surface area contributed by atoms with Gasteiger partial charge in [-0.1, -0.05) is 6.92 Å². The van der Waals surface area contributed by atoms with Crippen molar-refractivity contribution in [2.45, 2.75) is 32.1 Å². The van der Waals surface area contributed by atoms with Crippen LogP contribution in [-0.4, -0.2) is 10.9 Å². The van der Waals surface area contributed by atoms with Crippen molar-refractivity contribution in [3.05, 3.63) is 15.6 Å². The van der Waals surface area contributed by atoms with Crippen LogP contribution >= 0.6 is 11.3 Å². The first-order valence-corrected chi connectivity index (χ1v) is 5.58. The molecule has 76 valence electrons. The molecule has 0 saturated heterocycles. The number of nitrogens with zero attached hydrogens (tertiary/aromatic N) is 1. The summed E-state index contributed by atoms with van der Waals surface area (Å²) in [5, 5.41) is 1.02. The highest BCUT2D eigenvalue weighted by Crippen LogP contribution is 2.42. The number of nitrogens with two attached hydrogens (primary N) is 1. The lowest BCUT2D eigenvalue weighted by Gasteiger charge is -1.97. The molecule has 1 aliphatic carbocycles. The molecule has 1 aliphatic rings. The molecule has 0 aromatic carbocycles. The quantitative estimate of drug-likeness (QED) is 0.448. The SMILES string of the molecule is CCc1nc(C2CC2)c(C(=O)NN)s1. The summed E-state index contributed by atoms with van der Waals surface area (Å²) in [6, 6.07) is 0. The molecule has 5 heteroatoms. The maximum atomic E-state index is 11.4. The molecule has 0 atom stereocenters. The van der Waals surface area contributed by atoms with Crippen molar-refractivity contribution in [2.24, 2.45) is 5.84 Å². The van der Waals surface area contributed by atoms with Crippen LogP contribution in [0.5, 0.6) is 0 Å². The minimum atomic E-state index is -0.205. The summed E-state index contributed by atoms with van der Waals surface area (Å²) in [4.78, 5) is 16.6. The number of carbonyl (C=O) groups excluding carboxylic acids is 1. The maximum Gasteiger partial charge on any atom is 0.277 e. The minimum Gasteiger partial charge on any atom is -0.289 e. The topological polar surface area (TPSA) is 68.0 Å². The van der Waals surface area contributed by atoms with Gasteiger partial charge < -0.3 is 0 Å². The van der Waals surface area contributed by atoms with Gasteiger partial charge in [-0.15, -0.1) is 11.3 Å². The van der Waals surface area contributed by atoms with Gasteiger partial charge >= 0.3 is 0 Å². The molecule has 1 aromatic heterocycles. The number of rotatable bonds is 3. The van der Waals surface area contributed by atoms with Crippen molar-refractivity contribution >= 4 is 17.2 Å². The summed E-state index contributed by atoms with van der Waals surface area (Å²) >= 11 is 1.46. The van der Waals surface area contributed by atoms with E-state index in [-0.39, 0.29) is 5.91 Å². The Morgan fingerprint density at radius 3 is 2.93 bits per heavy atom. The lowest BCUT2D eigenvalue weighted by atomic mass is 10.2. The molecule has 1 heterocycles. The molecular formula is C9H13N3OS. The molecule has 0 aliphatic heterocycles. The van der Waals surface area contributed by atoms with Crippen molar-refractivity contribution in [1.82, 2.24) is 10.4 Å². The van der Waals surface area contributed by atoms with Crippen LogP contribution in [-0.2, 0) is 6.42 Å². The lowest BCUT2D eigenvalue weighted by molar-refractivity contribution is 0.0956. The fourth-order valence-electron chi connectivity index (χ4n) is 1.39. The average molecular weight is 211 g/mol. The van der Waals surface area contributed by atoms with Gasteiger partial charge in [-0.2, -0.15) is 0 Å². The summed E-state index contributed by atoms with van der Waals surface area (Å²) in [5.74, 6) is 5.42. The third-order valence-electron chi connectivity index (χ3n) is 2.30. The Hall–Kier alpha value is -0.940. The van der Waals surface area contributed by atoms with E-state index in [0.717, 1.165) is 30.0 Å². The molecule has 4 nitrogen and oxygen atoms in total. The van der Waals surface area contributed by atoms with Gasteiger partial charge in [0.25, 0.3) is 5.91 Å². The largest absolute Gasteiger partial charge is 0.289 e. The number of hydrogen-bond donors (Lipinski definition) is 2. The number of aromatic nitrogens is 1. The second-order valence-electron chi connectivity index (χ2n) is 3.42. The van der Waals surface area contributed by atoms with E-state index in [4.69, 9.17) is 5.84 Å². The second kappa shape index (κ2) is 3.67. The van der Waals surface area contributed by atoms with Crippen LogP contribution in [0.25, 0.3) is 0 Å². The number of hydrogen-bond acceptors (Lipinski definition) is 4. The van der Waals surface area contributed by atoms with Crippen molar-refractivity contribution in [3.63, 3.8) is 0 Å². The van der Waals surface area contributed by atoms with E-state index in [1.54, 1.807) is 0 Å². The third-order valence-corrected chi connectivity index (χ3v) is 3.52. The summed E-state index contributed by atoms with van der Waals surface area (Å²) in [6.45, 7) is 2.04. The predicted molar refractivity (Wildman–Crippen MR) is 55.1 cm³/mol. The van der Waals surface area contributed by atoms with Gasteiger partial charge in [0.05, 0.1) is 10.7 Å². The van der Waals surface area contributed by atoms with Gasteiger partial charge in [-0.05, 0) is 19.3 Å². The van der Waals surface area contributed by atoms with Crippen molar-refractivity contribution in [3.8, 4) is 0 Å². The van der Waals surface area contributed by atoms with Crippen molar-refractivity contribution < 1.29 is 4.79 Å². The zero-order valence-electron chi connectivity index (χ0n) is 8.04. The van der Waals surface area contributed by atoms with Gasteiger partial charge in [-0.25, -0.2) is 10.8 Å². The first-order chi connectivity index (χ1) is 6.76. The Bertz CT molecular complexity index is 357. The third kappa shape index (κ3) is 1.65. The Morgan fingerprint density at radius 1 is 1.71 bits per heavy atom. The number of amides is 1. The summed E-state index contributed by atoms with van der Waals surface area (Å²) in [5.41, 5.74) is 3.13. The van der Waals surface area contributed by atoms with E-state index in [9.17, 15) is 4.79 Å². The van der Waals surface area contributed by atoms with Crippen LogP contribution in [0.2, 0.25) is 0 Å². The van der Waals surface area contributed by atoms with Gasteiger partial charge in [-0.3, -0.25) is 10.2 Å². The fourth-order valence-corrected chi connectivity index (χ4v) is 2.38. The molecule has 0 spiro atoms. The van der Waals surface area contributed by atoms with E-state index >= 15 is 0 Å². The number of carbonyl (C=O) groups is 1. The number of nitrogens with one attached hydrogen (secondary N) is 1. The standard InChI is InChI=1S/C9H13N3OS/c1-2-6-11-7(5-3-4-5)8(14-6)9(13)12-10/h5H,2-4,10H2,1H3,(H,12,13). The second-order valence-corrected chi connectivity index (χ2v) is 4.51. The zero-order chi connectivity index (χ0) is 10.1. The highest BCUT2D eigenvalue weighted by molar-refractivity contribution is 7.13. The normalized spacial score (nSPS) is 15.6. The van der Waals surface area contributed by atoms with Crippen molar-refractivity contribution in [2.75, 3.05) is 0 Å². The number of aryl methyl sites for hydroxylation is 1. The Kier molecular flexibility index (Phi) is 2.52. The van der Waals surface area contributed by atoms with Crippen LogP contribution in [0.15, 0.2) is 0 Å². The van der Waals surface area contributed by atoms with Gasteiger partial charge in [0.1, 0.15) is 4.88 Å². The Morgan fingerprint density at radius 2 is 2.43 bits per heavy atom. The van der Waals surface area contributed by atoms with Gasteiger partial charge in [0.2, 0.25) is 0 Å². The van der Waals surface area contributed by atoms with E-state index in [2.05, 4.69) is 10.4 Å². The minimum absolute atomic E-state index is 0.205. The van der Waals surface area contributed by atoms with E-state index < -0.39 is 0 Å². The van der Waals surface area contributed by atoms with Crippen LogP contribution < -0.4 is 11.3 Å². The molecule has 0 radical (unpaired) electrons. The Balaban J connectivity index is 2.34. The molecule has 1 saturated carbocycles. The first kappa shape index (κ1) is 9.61. The van der Waals surface area contributed by atoms with Crippen LogP contribution in [0.3, 0.4) is 0 Å². The van der Waals surface area contributed by atoms with Crippen LogP contribution in [0.1, 0.15) is 46.1 Å². The molecular weight excluding hydrogens is 198 g/mol. The average Bonchev–Trinajstić information content (AvgIpc) is 2.97. The van der Waals surface area contributed by atoms with E-state index in [1.807, 2.05) is 6.92 Å². The zero-order valence-corrected chi connectivity index (χ0v) is 8.86. The fraction of sp³-hybridized carbons (Fsp3) is 0.556. The highest BCUT2D eigenvalue weighted by Gasteiger charge is 2.31. The predicted octanol–water partition coefficient (Wildman–Crippen LogP) is 1.19. The molecule has 1 aromatic rings. The van der Waals surface area contributed by atoms with E-state index in [0.29, 0.717) is 10.8 Å².